The van der Waals surface area contributed by atoms with Crippen LogP contribution in [0.4, 0.5) is 16.2 Å². The molecule has 1 N–H and O–H groups in total. The molecule has 0 radical (unpaired) electrons. The standard InChI is InChI=1S/C22H14BrN3O5S/c23-16-9-8-13(10-18(16)26(30)31)11-19-21(28)25(22(29)32-19)12-20(27)24-17-7-3-5-14-4-1-2-6-15(14)17/h1-11H,12H2,(H,24,27)/b19-11-. The van der Waals surface area contributed by atoms with Gasteiger partial charge in [0, 0.05) is 17.1 Å². The Hall–Kier alpha value is -3.50. The van der Waals surface area contributed by atoms with Gasteiger partial charge in [-0.05, 0) is 56.9 Å². The first-order valence-corrected chi connectivity index (χ1v) is 10.9. The summed E-state index contributed by atoms with van der Waals surface area (Å²) in [5.41, 5.74) is 0.816. The quantitative estimate of drug-likeness (QED) is 0.287. The van der Waals surface area contributed by atoms with E-state index in [2.05, 4.69) is 21.2 Å². The summed E-state index contributed by atoms with van der Waals surface area (Å²) >= 11 is 3.79. The van der Waals surface area contributed by atoms with Crippen LogP contribution in [0.1, 0.15) is 5.56 Å². The van der Waals surface area contributed by atoms with Crippen LogP contribution in [0.25, 0.3) is 16.8 Å². The van der Waals surface area contributed by atoms with Crippen molar-refractivity contribution < 1.29 is 19.3 Å². The number of fused-ring (bicyclic) bond motifs is 1. The van der Waals surface area contributed by atoms with Gasteiger partial charge in [0.2, 0.25) is 5.91 Å². The van der Waals surface area contributed by atoms with Crippen LogP contribution in [-0.4, -0.2) is 33.4 Å². The van der Waals surface area contributed by atoms with E-state index in [9.17, 15) is 24.5 Å². The molecule has 3 aromatic rings. The second-order valence-corrected chi connectivity index (χ2v) is 8.66. The Labute approximate surface area is 194 Å². The number of imide groups is 1. The molecule has 8 nitrogen and oxygen atoms in total. The molecule has 3 aromatic carbocycles. The van der Waals surface area contributed by atoms with Gasteiger partial charge in [0.15, 0.2) is 0 Å². The number of benzene rings is 3. The van der Waals surface area contributed by atoms with Crippen molar-refractivity contribution >= 4 is 73.0 Å². The van der Waals surface area contributed by atoms with Crippen LogP contribution >= 0.6 is 27.7 Å². The smallest absolute Gasteiger partial charge is 0.294 e. The maximum absolute atomic E-state index is 12.7. The molecule has 1 aliphatic rings. The van der Waals surface area contributed by atoms with Crippen LogP contribution in [0.2, 0.25) is 0 Å². The highest BCUT2D eigenvalue weighted by Crippen LogP contribution is 2.34. The predicted octanol–water partition coefficient (Wildman–Crippen LogP) is 5.19. The molecule has 0 saturated carbocycles. The zero-order valence-electron chi connectivity index (χ0n) is 16.3. The molecule has 10 heteroatoms. The minimum atomic E-state index is -0.626. The number of amides is 3. The van der Waals surface area contributed by atoms with E-state index < -0.39 is 28.5 Å². The zero-order chi connectivity index (χ0) is 22.8. The predicted molar refractivity (Wildman–Crippen MR) is 126 cm³/mol. The number of hydrogen-bond donors (Lipinski definition) is 1. The third-order valence-corrected chi connectivity index (χ3v) is 6.28. The van der Waals surface area contributed by atoms with Crippen LogP contribution < -0.4 is 5.32 Å². The van der Waals surface area contributed by atoms with Gasteiger partial charge in [-0.15, -0.1) is 0 Å². The van der Waals surface area contributed by atoms with E-state index >= 15 is 0 Å². The summed E-state index contributed by atoms with van der Waals surface area (Å²) < 4.78 is 0.304. The van der Waals surface area contributed by atoms with Crippen LogP contribution in [0.15, 0.2) is 70.0 Å². The highest BCUT2D eigenvalue weighted by atomic mass is 79.9. The summed E-state index contributed by atoms with van der Waals surface area (Å²) in [5.74, 6) is -1.14. The molecule has 32 heavy (non-hydrogen) atoms. The summed E-state index contributed by atoms with van der Waals surface area (Å²) in [7, 11) is 0. The highest BCUT2D eigenvalue weighted by Gasteiger charge is 2.36. The minimum Gasteiger partial charge on any atom is -0.324 e. The van der Waals surface area contributed by atoms with Crippen LogP contribution in [0.5, 0.6) is 0 Å². The molecule has 1 heterocycles. The van der Waals surface area contributed by atoms with Crippen molar-refractivity contribution in [3.8, 4) is 0 Å². The van der Waals surface area contributed by atoms with E-state index in [-0.39, 0.29) is 10.6 Å². The lowest BCUT2D eigenvalue weighted by molar-refractivity contribution is -0.385. The molecule has 1 fully saturated rings. The van der Waals surface area contributed by atoms with E-state index in [0.29, 0.717) is 27.5 Å². The van der Waals surface area contributed by atoms with Gasteiger partial charge in [0.25, 0.3) is 16.8 Å². The van der Waals surface area contributed by atoms with E-state index in [0.717, 1.165) is 15.7 Å². The average molecular weight is 512 g/mol. The van der Waals surface area contributed by atoms with Crippen LogP contribution in [0.3, 0.4) is 0 Å². The molecule has 0 spiro atoms. The summed E-state index contributed by atoms with van der Waals surface area (Å²) in [6.45, 7) is -0.439. The molecule has 1 saturated heterocycles. The van der Waals surface area contributed by atoms with Crippen molar-refractivity contribution in [1.29, 1.82) is 0 Å². The lowest BCUT2D eigenvalue weighted by atomic mass is 10.1. The Balaban J connectivity index is 1.51. The van der Waals surface area contributed by atoms with Crippen molar-refractivity contribution in [2.75, 3.05) is 11.9 Å². The number of nitrogens with one attached hydrogen (secondary N) is 1. The number of nitro benzene ring substituents is 1. The molecule has 160 valence electrons. The third kappa shape index (κ3) is 4.41. The van der Waals surface area contributed by atoms with Gasteiger partial charge in [0.05, 0.1) is 14.3 Å². The summed E-state index contributed by atoms with van der Waals surface area (Å²) in [5, 5.41) is 15.1. The molecule has 1 aliphatic heterocycles. The number of carbonyl (C=O) groups excluding carboxylic acids is 3. The van der Waals surface area contributed by atoms with Crippen molar-refractivity contribution in [3.05, 3.63) is 85.7 Å². The van der Waals surface area contributed by atoms with Crippen LogP contribution in [-0.2, 0) is 9.59 Å². The molecule has 4 rings (SSSR count). The van der Waals surface area contributed by atoms with Gasteiger partial charge >= 0.3 is 0 Å². The number of halogens is 1. The Morgan fingerprint density at radius 1 is 1.12 bits per heavy atom. The van der Waals surface area contributed by atoms with E-state index in [1.165, 1.54) is 18.2 Å². The largest absolute Gasteiger partial charge is 0.324 e. The lowest BCUT2D eigenvalue weighted by Gasteiger charge is -2.13. The Kier molecular flexibility index (Phi) is 6.06. The Bertz CT molecular complexity index is 1320. The fraction of sp³-hybridized carbons (Fsp3) is 0.0455. The number of thioether (sulfide) groups is 1. The first kappa shape index (κ1) is 21.7. The lowest BCUT2D eigenvalue weighted by Crippen LogP contribution is -2.36. The van der Waals surface area contributed by atoms with Gasteiger partial charge in [-0.1, -0.05) is 42.5 Å². The van der Waals surface area contributed by atoms with E-state index in [1.807, 2.05) is 30.3 Å². The van der Waals surface area contributed by atoms with E-state index in [4.69, 9.17) is 0 Å². The van der Waals surface area contributed by atoms with Gasteiger partial charge in [-0.2, -0.15) is 0 Å². The maximum atomic E-state index is 12.7. The molecule has 0 unspecified atom stereocenters. The molecule has 0 aliphatic carbocycles. The average Bonchev–Trinajstić information content (AvgIpc) is 3.02. The maximum Gasteiger partial charge on any atom is 0.294 e. The number of hydrogen-bond acceptors (Lipinski definition) is 6. The molecular weight excluding hydrogens is 498 g/mol. The molecule has 3 amide bonds. The highest BCUT2D eigenvalue weighted by molar-refractivity contribution is 9.10. The number of nitrogens with zero attached hydrogens (tertiary/aromatic N) is 2. The first-order chi connectivity index (χ1) is 15.3. The number of anilines is 1. The summed E-state index contributed by atoms with van der Waals surface area (Å²) in [6.07, 6.45) is 1.40. The van der Waals surface area contributed by atoms with Gasteiger partial charge in [0.1, 0.15) is 6.54 Å². The normalized spacial score (nSPS) is 14.9. The van der Waals surface area contributed by atoms with Crippen molar-refractivity contribution in [1.82, 2.24) is 4.90 Å². The van der Waals surface area contributed by atoms with Gasteiger partial charge in [-0.25, -0.2) is 0 Å². The van der Waals surface area contributed by atoms with Crippen LogP contribution in [0, 0.1) is 10.1 Å². The third-order valence-electron chi connectivity index (χ3n) is 4.70. The van der Waals surface area contributed by atoms with Crippen molar-refractivity contribution in [3.63, 3.8) is 0 Å². The molecule has 0 atom stereocenters. The monoisotopic (exact) mass is 511 g/mol. The first-order valence-electron chi connectivity index (χ1n) is 9.30. The zero-order valence-corrected chi connectivity index (χ0v) is 18.7. The second kappa shape index (κ2) is 8.93. The molecular formula is C22H14BrN3O5S. The molecule has 0 aromatic heterocycles. The topological polar surface area (TPSA) is 110 Å². The van der Waals surface area contributed by atoms with Crippen molar-refractivity contribution in [2.45, 2.75) is 0 Å². The Morgan fingerprint density at radius 3 is 2.66 bits per heavy atom. The number of rotatable bonds is 5. The SMILES string of the molecule is O=C(CN1C(=O)S/C(=C\c2ccc(Br)c([N+](=O)[O-])c2)C1=O)Nc1cccc2ccccc12. The fourth-order valence-corrected chi connectivity index (χ4v) is 4.44. The van der Waals surface area contributed by atoms with Crippen molar-refractivity contribution in [2.24, 2.45) is 0 Å². The summed E-state index contributed by atoms with van der Waals surface area (Å²) in [6, 6.07) is 17.4. The Morgan fingerprint density at radius 2 is 1.88 bits per heavy atom. The van der Waals surface area contributed by atoms with E-state index in [1.54, 1.807) is 18.2 Å². The fourth-order valence-electron chi connectivity index (χ4n) is 3.21. The van der Waals surface area contributed by atoms with Gasteiger partial charge in [-0.3, -0.25) is 29.4 Å². The number of nitro groups is 1. The number of carbonyl (C=O) groups is 3. The van der Waals surface area contributed by atoms with Gasteiger partial charge < -0.3 is 5.32 Å². The molecule has 0 bridgehead atoms. The second-order valence-electron chi connectivity index (χ2n) is 6.81. The minimum absolute atomic E-state index is 0.0876. The summed E-state index contributed by atoms with van der Waals surface area (Å²) in [4.78, 5) is 49.1.